The first-order valence-corrected chi connectivity index (χ1v) is 7.71. The summed E-state index contributed by atoms with van der Waals surface area (Å²) in [4.78, 5) is 14.2. The first kappa shape index (κ1) is 19.2. The smallest absolute Gasteiger partial charge is 0.410 e. The summed E-state index contributed by atoms with van der Waals surface area (Å²) in [5, 5.41) is 10.3. The zero-order valence-corrected chi connectivity index (χ0v) is 15.3. The molecule has 0 bridgehead atoms. The summed E-state index contributed by atoms with van der Waals surface area (Å²) in [6.07, 6.45) is 4.81. The Bertz CT molecular complexity index is 596. The highest BCUT2D eigenvalue weighted by molar-refractivity contribution is 6.31. The maximum atomic E-state index is 12.5. The molecular weight excluding hydrogens is 314 g/mol. The van der Waals surface area contributed by atoms with Crippen LogP contribution in [0.3, 0.4) is 0 Å². The zero-order chi connectivity index (χ0) is 18.0. The molecule has 0 spiro atoms. The van der Waals surface area contributed by atoms with Crippen LogP contribution in [0, 0.1) is 12.3 Å². The van der Waals surface area contributed by atoms with Crippen molar-refractivity contribution >= 4 is 17.7 Å². The van der Waals surface area contributed by atoms with E-state index in [0.29, 0.717) is 11.1 Å². The molecule has 1 amide bonds. The van der Waals surface area contributed by atoms with Crippen molar-refractivity contribution in [2.75, 3.05) is 0 Å². The minimum absolute atomic E-state index is 0.0867. The lowest BCUT2D eigenvalue weighted by Gasteiger charge is -2.44. The van der Waals surface area contributed by atoms with Crippen LogP contribution in [0.15, 0.2) is 12.1 Å². The molecule has 1 N–H and O–H groups in total. The average molecular weight is 338 g/mol. The van der Waals surface area contributed by atoms with Crippen LogP contribution >= 0.6 is 11.6 Å². The first-order chi connectivity index (χ1) is 10.4. The lowest BCUT2D eigenvalue weighted by molar-refractivity contribution is 0.0168. The molecule has 0 aliphatic carbocycles. The standard InChI is InChI=1S/C18H24ClNO3/c1-8-12-9-14(19)13(15(21)10-12)11-23-16(22)20(17(2,3)4)18(5,6)7/h1,9-10,21H,11H2,2-7H3. The van der Waals surface area contributed by atoms with Gasteiger partial charge in [-0.25, -0.2) is 4.79 Å². The van der Waals surface area contributed by atoms with E-state index in [4.69, 9.17) is 22.8 Å². The molecule has 23 heavy (non-hydrogen) atoms. The molecule has 0 saturated heterocycles. The van der Waals surface area contributed by atoms with Crippen LogP contribution in [-0.4, -0.2) is 27.2 Å². The van der Waals surface area contributed by atoms with E-state index in [1.54, 1.807) is 11.0 Å². The highest BCUT2D eigenvalue weighted by Crippen LogP contribution is 2.30. The third-order valence-corrected chi connectivity index (χ3v) is 3.54. The van der Waals surface area contributed by atoms with Gasteiger partial charge in [-0.05, 0) is 53.7 Å². The van der Waals surface area contributed by atoms with Gasteiger partial charge in [-0.2, -0.15) is 0 Å². The quantitative estimate of drug-likeness (QED) is 0.805. The third kappa shape index (κ3) is 4.80. The Kier molecular flexibility index (Phi) is 5.60. The number of nitrogens with zero attached hydrogens (tertiary/aromatic N) is 1. The highest BCUT2D eigenvalue weighted by atomic mass is 35.5. The van der Waals surface area contributed by atoms with Crippen LogP contribution in [0.4, 0.5) is 4.79 Å². The molecule has 126 valence electrons. The Morgan fingerprint density at radius 2 is 1.78 bits per heavy atom. The molecular formula is C18H24ClNO3. The van der Waals surface area contributed by atoms with E-state index in [2.05, 4.69) is 5.92 Å². The molecule has 0 aromatic heterocycles. The van der Waals surface area contributed by atoms with Crippen molar-refractivity contribution in [1.82, 2.24) is 4.90 Å². The predicted molar refractivity (Wildman–Crippen MR) is 92.6 cm³/mol. The fourth-order valence-corrected chi connectivity index (χ4v) is 2.87. The molecule has 5 heteroatoms. The number of ether oxygens (including phenoxy) is 1. The van der Waals surface area contributed by atoms with Crippen molar-refractivity contribution < 1.29 is 14.6 Å². The number of amides is 1. The molecule has 1 rings (SSSR count). The lowest BCUT2D eigenvalue weighted by atomic mass is 9.97. The second kappa shape index (κ2) is 6.72. The number of phenols is 1. The van der Waals surface area contributed by atoms with Crippen LogP contribution in [-0.2, 0) is 11.3 Å². The Balaban J connectivity index is 2.98. The normalized spacial score (nSPS) is 11.7. The van der Waals surface area contributed by atoms with E-state index < -0.39 is 17.2 Å². The van der Waals surface area contributed by atoms with E-state index >= 15 is 0 Å². The maximum Gasteiger partial charge on any atom is 0.410 e. The number of carbonyl (C=O) groups is 1. The van der Waals surface area contributed by atoms with Gasteiger partial charge in [0.2, 0.25) is 0 Å². The third-order valence-electron chi connectivity index (χ3n) is 3.20. The van der Waals surface area contributed by atoms with Gasteiger partial charge in [0.25, 0.3) is 0 Å². The van der Waals surface area contributed by atoms with Gasteiger partial charge in [-0.15, -0.1) is 6.42 Å². The number of rotatable bonds is 2. The predicted octanol–water partition coefficient (Wildman–Crippen LogP) is 4.56. The molecule has 0 radical (unpaired) electrons. The molecule has 0 fully saturated rings. The van der Waals surface area contributed by atoms with Crippen LogP contribution in [0.5, 0.6) is 5.75 Å². The van der Waals surface area contributed by atoms with Crippen molar-refractivity contribution in [3.63, 3.8) is 0 Å². The minimum Gasteiger partial charge on any atom is -0.507 e. The van der Waals surface area contributed by atoms with Crippen molar-refractivity contribution in [3.8, 4) is 18.1 Å². The number of hydrogen-bond acceptors (Lipinski definition) is 3. The SMILES string of the molecule is C#Cc1cc(O)c(COC(=O)N(C(C)(C)C)C(C)(C)C)c(Cl)c1. The van der Waals surface area contributed by atoms with Gasteiger partial charge in [0.05, 0.1) is 10.6 Å². The van der Waals surface area contributed by atoms with Gasteiger partial charge in [0, 0.05) is 16.6 Å². The van der Waals surface area contributed by atoms with Crippen LogP contribution in [0.1, 0.15) is 52.7 Å². The van der Waals surface area contributed by atoms with Gasteiger partial charge in [-0.1, -0.05) is 17.5 Å². The number of carbonyl (C=O) groups excluding carboxylic acids is 1. The number of aromatic hydroxyl groups is 1. The fourth-order valence-electron chi connectivity index (χ4n) is 2.60. The minimum atomic E-state index is -0.471. The summed E-state index contributed by atoms with van der Waals surface area (Å²) in [6, 6.07) is 2.97. The Hall–Kier alpha value is -1.86. The summed E-state index contributed by atoms with van der Waals surface area (Å²) in [5.74, 6) is 2.31. The van der Waals surface area contributed by atoms with Crippen molar-refractivity contribution in [2.24, 2.45) is 0 Å². The Morgan fingerprint density at radius 1 is 1.26 bits per heavy atom. The Labute approximate surface area is 143 Å². The van der Waals surface area contributed by atoms with Crippen LogP contribution in [0.2, 0.25) is 5.02 Å². The topological polar surface area (TPSA) is 49.8 Å². The van der Waals surface area contributed by atoms with Crippen LogP contribution in [0.25, 0.3) is 0 Å². The number of terminal acetylenes is 1. The van der Waals surface area contributed by atoms with E-state index in [1.165, 1.54) is 6.07 Å². The van der Waals surface area contributed by atoms with Gasteiger partial charge in [0.1, 0.15) is 12.4 Å². The fraction of sp³-hybridized carbons (Fsp3) is 0.500. The maximum absolute atomic E-state index is 12.5. The summed E-state index contributed by atoms with van der Waals surface area (Å²) in [7, 11) is 0. The average Bonchev–Trinajstić information content (AvgIpc) is 2.33. The molecule has 0 heterocycles. The van der Waals surface area contributed by atoms with Crippen molar-refractivity contribution in [2.45, 2.75) is 59.2 Å². The summed E-state index contributed by atoms with van der Waals surface area (Å²) in [5.41, 5.74) is -0.0152. The number of halogens is 1. The summed E-state index contributed by atoms with van der Waals surface area (Å²) in [6.45, 7) is 11.5. The van der Waals surface area contributed by atoms with E-state index in [-0.39, 0.29) is 17.4 Å². The number of phenolic OH excluding ortho intramolecular Hbond substituents is 1. The first-order valence-electron chi connectivity index (χ1n) is 7.33. The molecule has 0 aliphatic rings. The molecule has 0 unspecified atom stereocenters. The number of hydrogen-bond donors (Lipinski definition) is 1. The second-order valence-electron chi connectivity index (χ2n) is 7.33. The molecule has 0 aliphatic heterocycles. The lowest BCUT2D eigenvalue weighted by Crippen LogP contribution is -2.55. The van der Waals surface area contributed by atoms with E-state index in [1.807, 2.05) is 41.5 Å². The molecule has 1 aromatic rings. The molecule has 0 saturated carbocycles. The largest absolute Gasteiger partial charge is 0.507 e. The second-order valence-corrected chi connectivity index (χ2v) is 7.74. The summed E-state index contributed by atoms with van der Waals surface area (Å²) >= 11 is 6.10. The van der Waals surface area contributed by atoms with Crippen molar-refractivity contribution in [1.29, 1.82) is 0 Å². The van der Waals surface area contributed by atoms with Gasteiger partial charge in [0.15, 0.2) is 0 Å². The molecule has 0 atom stereocenters. The molecule has 4 nitrogen and oxygen atoms in total. The summed E-state index contributed by atoms with van der Waals surface area (Å²) < 4.78 is 5.37. The van der Waals surface area contributed by atoms with Gasteiger partial charge >= 0.3 is 6.09 Å². The Morgan fingerprint density at radius 3 is 2.17 bits per heavy atom. The van der Waals surface area contributed by atoms with Crippen LogP contribution < -0.4 is 0 Å². The molecule has 1 aromatic carbocycles. The monoisotopic (exact) mass is 337 g/mol. The van der Waals surface area contributed by atoms with Crippen molar-refractivity contribution in [3.05, 3.63) is 28.3 Å². The van der Waals surface area contributed by atoms with Gasteiger partial charge < -0.3 is 9.84 Å². The number of benzene rings is 1. The van der Waals surface area contributed by atoms with Gasteiger partial charge in [-0.3, -0.25) is 4.90 Å². The van der Waals surface area contributed by atoms with E-state index in [0.717, 1.165) is 0 Å². The highest BCUT2D eigenvalue weighted by Gasteiger charge is 2.36. The zero-order valence-electron chi connectivity index (χ0n) is 14.5. The van der Waals surface area contributed by atoms with E-state index in [9.17, 15) is 9.90 Å².